The minimum atomic E-state index is -1.54. The van der Waals surface area contributed by atoms with Crippen molar-refractivity contribution in [2.45, 2.75) is 77.1 Å². The maximum atomic E-state index is 11.1. The molecule has 0 heterocycles. The first-order valence-electron chi connectivity index (χ1n) is 10.5. The van der Waals surface area contributed by atoms with Crippen molar-refractivity contribution in [3.05, 3.63) is 23.5 Å². The largest absolute Gasteiger partial charge is 0.545 e. The van der Waals surface area contributed by atoms with Crippen LogP contribution in [-0.4, -0.2) is 19.0 Å². The molecule has 0 aromatic rings. The predicted octanol–water partition coefficient (Wildman–Crippen LogP) is 5.27. The highest BCUT2D eigenvalue weighted by atomic mass is 28.4. The summed E-state index contributed by atoms with van der Waals surface area (Å²) < 4.78 is 6.26. The zero-order chi connectivity index (χ0) is 18.7. The van der Waals surface area contributed by atoms with Gasteiger partial charge in [0, 0.05) is 5.41 Å². The van der Waals surface area contributed by atoms with Gasteiger partial charge in [0.15, 0.2) is 0 Å². The van der Waals surface area contributed by atoms with Crippen LogP contribution in [0.1, 0.15) is 51.9 Å². The number of rotatable bonds is 2. The van der Waals surface area contributed by atoms with Gasteiger partial charge >= 0.3 is 0 Å². The molecule has 2 nitrogen and oxygen atoms in total. The number of allylic oxidation sites excluding steroid dienone is 3. The van der Waals surface area contributed by atoms with Crippen molar-refractivity contribution in [1.29, 1.82) is 0 Å². The molecule has 3 heteroatoms. The second-order valence-electron chi connectivity index (χ2n) is 10.4. The van der Waals surface area contributed by atoms with Crippen LogP contribution in [0, 0.1) is 41.4 Å². The van der Waals surface area contributed by atoms with Crippen molar-refractivity contribution in [3.63, 3.8) is 0 Å². The molecule has 0 radical (unpaired) electrons. The molecule has 142 valence electrons. The normalized spacial score (nSPS) is 44.8. The first-order chi connectivity index (χ1) is 12.2. The van der Waals surface area contributed by atoms with E-state index in [9.17, 15) is 5.11 Å². The first kappa shape index (κ1) is 18.4. The molecule has 4 aliphatic rings. The van der Waals surface area contributed by atoms with Gasteiger partial charge in [-0.15, -0.1) is 6.42 Å². The molecule has 4 rings (SSSR count). The third kappa shape index (κ3) is 2.72. The Morgan fingerprint density at radius 1 is 1.19 bits per heavy atom. The van der Waals surface area contributed by atoms with Crippen LogP contribution in [0.15, 0.2) is 23.5 Å². The zero-order valence-electron chi connectivity index (χ0n) is 16.8. The Morgan fingerprint density at radius 2 is 1.96 bits per heavy atom. The van der Waals surface area contributed by atoms with Crippen molar-refractivity contribution in [1.82, 2.24) is 0 Å². The van der Waals surface area contributed by atoms with Crippen LogP contribution in [0.5, 0.6) is 0 Å². The van der Waals surface area contributed by atoms with Crippen molar-refractivity contribution >= 4 is 8.32 Å². The fourth-order valence-corrected chi connectivity index (χ4v) is 7.54. The average molecular weight is 371 g/mol. The third-order valence-corrected chi connectivity index (χ3v) is 8.82. The Labute approximate surface area is 160 Å². The fourth-order valence-electron chi connectivity index (χ4n) is 6.69. The van der Waals surface area contributed by atoms with Gasteiger partial charge in [0.1, 0.15) is 5.60 Å². The van der Waals surface area contributed by atoms with E-state index >= 15 is 0 Å². The topological polar surface area (TPSA) is 29.5 Å². The van der Waals surface area contributed by atoms with Crippen LogP contribution in [0.25, 0.3) is 0 Å². The quantitative estimate of drug-likeness (QED) is 0.530. The Balaban J connectivity index is 1.55. The van der Waals surface area contributed by atoms with Gasteiger partial charge in [-0.25, -0.2) is 0 Å². The molecule has 0 saturated heterocycles. The molecule has 3 saturated carbocycles. The van der Waals surface area contributed by atoms with Crippen LogP contribution in [0.3, 0.4) is 0 Å². The van der Waals surface area contributed by atoms with Crippen LogP contribution in [-0.2, 0) is 4.43 Å². The van der Waals surface area contributed by atoms with Gasteiger partial charge in [0.25, 0.3) is 0 Å². The lowest BCUT2D eigenvalue weighted by Gasteiger charge is -2.54. The molecular formula is C23H34O2Si. The summed E-state index contributed by atoms with van der Waals surface area (Å²) in [6, 6.07) is 0. The number of aliphatic hydroxyl groups is 1. The SMILES string of the molecule is C#CC1(O)CCC2C3CCC4=CC(O[Si](C)(C)C)=CCC4C3CCC21C. The summed E-state index contributed by atoms with van der Waals surface area (Å²) in [6.07, 6.45) is 18.2. The highest BCUT2D eigenvalue weighted by Gasteiger charge is 2.61. The standard InChI is InChI=1S/C23H34O2Si/c1-6-23(24)14-12-21-20-9-7-16-15-17(25-26(3,4)5)8-10-18(16)19(20)11-13-22(21,23)2/h1,8,15,18-21,24H,7,9-14H2,2-5H3. The number of terminal acetylenes is 1. The highest BCUT2D eigenvalue weighted by molar-refractivity contribution is 6.70. The molecule has 0 spiro atoms. The van der Waals surface area contributed by atoms with Gasteiger partial charge in [0.2, 0.25) is 8.32 Å². The molecule has 0 aliphatic heterocycles. The average Bonchev–Trinajstić information content (AvgIpc) is 2.85. The van der Waals surface area contributed by atoms with E-state index in [4.69, 9.17) is 10.8 Å². The zero-order valence-corrected chi connectivity index (χ0v) is 17.8. The minimum Gasteiger partial charge on any atom is -0.545 e. The fraction of sp³-hybridized carbons (Fsp3) is 0.739. The van der Waals surface area contributed by atoms with Crippen molar-refractivity contribution in [3.8, 4) is 12.3 Å². The maximum absolute atomic E-state index is 11.1. The molecule has 6 atom stereocenters. The second-order valence-corrected chi connectivity index (χ2v) is 14.8. The van der Waals surface area contributed by atoms with Crippen LogP contribution in [0.4, 0.5) is 0 Å². The Morgan fingerprint density at radius 3 is 2.65 bits per heavy atom. The molecular weight excluding hydrogens is 336 g/mol. The van der Waals surface area contributed by atoms with Gasteiger partial charge in [-0.1, -0.05) is 18.4 Å². The van der Waals surface area contributed by atoms with E-state index in [1.165, 1.54) is 19.3 Å². The van der Waals surface area contributed by atoms with Gasteiger partial charge in [-0.05, 0) is 100 Å². The summed E-state index contributed by atoms with van der Waals surface area (Å²) in [6.45, 7) is 9.03. The lowest BCUT2D eigenvalue weighted by Crippen LogP contribution is -2.52. The smallest absolute Gasteiger partial charge is 0.242 e. The molecule has 0 amide bonds. The molecule has 0 bridgehead atoms. The van der Waals surface area contributed by atoms with Crippen LogP contribution in [0.2, 0.25) is 19.6 Å². The summed E-state index contributed by atoms with van der Waals surface area (Å²) in [5, 5.41) is 11.1. The van der Waals surface area contributed by atoms with Crippen LogP contribution >= 0.6 is 0 Å². The molecule has 3 fully saturated rings. The van der Waals surface area contributed by atoms with E-state index in [1.807, 2.05) is 0 Å². The molecule has 0 aromatic carbocycles. The second kappa shape index (κ2) is 6.01. The van der Waals surface area contributed by atoms with Crippen LogP contribution < -0.4 is 0 Å². The lowest BCUT2D eigenvalue weighted by molar-refractivity contribution is -0.0846. The summed E-state index contributed by atoms with van der Waals surface area (Å²) in [4.78, 5) is 0. The predicted molar refractivity (Wildman–Crippen MR) is 109 cm³/mol. The summed E-state index contributed by atoms with van der Waals surface area (Å²) in [5.41, 5.74) is 0.653. The van der Waals surface area contributed by atoms with Crippen molar-refractivity contribution < 1.29 is 9.53 Å². The van der Waals surface area contributed by atoms with E-state index in [-0.39, 0.29) is 5.41 Å². The van der Waals surface area contributed by atoms with E-state index in [0.717, 1.165) is 43.3 Å². The van der Waals surface area contributed by atoms with Gasteiger partial charge < -0.3 is 9.53 Å². The summed E-state index contributed by atoms with van der Waals surface area (Å²) in [5.74, 6) is 6.67. The van der Waals surface area contributed by atoms with E-state index < -0.39 is 13.9 Å². The van der Waals surface area contributed by atoms with E-state index in [1.54, 1.807) is 5.57 Å². The first-order valence-corrected chi connectivity index (χ1v) is 13.9. The van der Waals surface area contributed by atoms with Crippen molar-refractivity contribution in [2.24, 2.45) is 29.1 Å². The molecule has 0 aromatic heterocycles. The van der Waals surface area contributed by atoms with Gasteiger partial charge in [-0.3, -0.25) is 0 Å². The molecule has 6 unspecified atom stereocenters. The Hall–Kier alpha value is -0.983. The third-order valence-electron chi connectivity index (χ3n) is 7.97. The number of fused-ring (bicyclic) bond motifs is 5. The highest BCUT2D eigenvalue weighted by Crippen LogP contribution is 2.64. The number of hydrogen-bond donors (Lipinski definition) is 1. The molecule has 4 aliphatic carbocycles. The molecule has 1 N–H and O–H groups in total. The Kier molecular flexibility index (Phi) is 4.25. The van der Waals surface area contributed by atoms with E-state index in [0.29, 0.717) is 11.8 Å². The van der Waals surface area contributed by atoms with Crippen molar-refractivity contribution in [2.75, 3.05) is 0 Å². The van der Waals surface area contributed by atoms with E-state index in [2.05, 4.69) is 44.6 Å². The number of hydrogen-bond acceptors (Lipinski definition) is 2. The summed E-state index contributed by atoms with van der Waals surface area (Å²) >= 11 is 0. The minimum absolute atomic E-state index is 0.0826. The lowest BCUT2D eigenvalue weighted by atomic mass is 9.51. The Bertz CT molecular complexity index is 694. The maximum Gasteiger partial charge on any atom is 0.242 e. The monoisotopic (exact) mass is 370 g/mol. The summed E-state index contributed by atoms with van der Waals surface area (Å²) in [7, 11) is -1.54. The molecule has 26 heavy (non-hydrogen) atoms. The van der Waals surface area contributed by atoms with Gasteiger partial charge in [-0.2, -0.15) is 0 Å². The van der Waals surface area contributed by atoms with Gasteiger partial charge in [0.05, 0.1) is 5.76 Å².